The van der Waals surface area contributed by atoms with E-state index in [9.17, 15) is 0 Å². The van der Waals surface area contributed by atoms with Crippen molar-refractivity contribution < 1.29 is 0 Å². The Kier molecular flexibility index (Phi) is 3.57. The summed E-state index contributed by atoms with van der Waals surface area (Å²) in [6, 6.07) is 0. The van der Waals surface area contributed by atoms with E-state index in [2.05, 4.69) is 25.7 Å². The van der Waals surface area contributed by atoms with Crippen LogP contribution >= 0.6 is 0 Å². The Morgan fingerprint density at radius 3 is 2.00 bits per heavy atom. The highest BCUT2D eigenvalue weighted by Crippen LogP contribution is 2.32. The first-order chi connectivity index (χ1) is 5.73. The fraction of sp³-hybridized carbons (Fsp3) is 0.909. The molecule has 1 saturated carbocycles. The van der Waals surface area contributed by atoms with Crippen LogP contribution in [0.1, 0.15) is 46.0 Å². The lowest BCUT2D eigenvalue weighted by atomic mass is 9.82. The molecule has 1 radical (unpaired) electrons. The Balaban J connectivity index is 2.53. The molecule has 1 aliphatic rings. The van der Waals surface area contributed by atoms with Crippen molar-refractivity contribution >= 4 is 0 Å². The van der Waals surface area contributed by atoms with E-state index < -0.39 is 0 Å². The number of nitrogens with zero attached hydrogens (tertiary/aromatic N) is 1. The average Bonchev–Trinajstić information content (AvgIpc) is 2.07. The van der Waals surface area contributed by atoms with Crippen LogP contribution in [0.15, 0.2) is 0 Å². The fourth-order valence-electron chi connectivity index (χ4n) is 2.42. The predicted octanol–water partition coefficient (Wildman–Crippen LogP) is 2.87. The summed E-state index contributed by atoms with van der Waals surface area (Å²) in [6.07, 6.45) is 6.77. The highest BCUT2D eigenvalue weighted by Gasteiger charge is 2.31. The van der Waals surface area contributed by atoms with Crippen molar-refractivity contribution in [3.8, 4) is 0 Å². The molecule has 0 aromatic rings. The highest BCUT2D eigenvalue weighted by atomic mass is 15.2. The van der Waals surface area contributed by atoms with Gasteiger partial charge in [-0.3, -0.25) is 4.90 Å². The van der Waals surface area contributed by atoms with E-state index in [1.807, 2.05) is 0 Å². The average molecular weight is 168 g/mol. The fourth-order valence-corrected chi connectivity index (χ4v) is 2.42. The van der Waals surface area contributed by atoms with E-state index in [1.54, 1.807) is 0 Å². The normalized spacial score (nSPS) is 23.0. The second-order valence-electron chi connectivity index (χ2n) is 3.96. The quantitative estimate of drug-likeness (QED) is 0.626. The summed E-state index contributed by atoms with van der Waals surface area (Å²) in [5.74, 6) is 0. The smallest absolute Gasteiger partial charge is 0.0210 e. The molecule has 0 saturated heterocycles. The summed E-state index contributed by atoms with van der Waals surface area (Å²) in [5.41, 5.74) is 0.280. The molecule has 0 amide bonds. The minimum absolute atomic E-state index is 0.280. The van der Waals surface area contributed by atoms with Crippen LogP contribution in [0.25, 0.3) is 0 Å². The van der Waals surface area contributed by atoms with E-state index in [4.69, 9.17) is 0 Å². The molecule has 0 heterocycles. The van der Waals surface area contributed by atoms with E-state index in [1.165, 1.54) is 32.1 Å². The molecule has 0 unspecified atom stereocenters. The summed E-state index contributed by atoms with van der Waals surface area (Å²) >= 11 is 0. The molecule has 1 nitrogen and oxygen atoms in total. The van der Waals surface area contributed by atoms with Crippen molar-refractivity contribution in [2.75, 3.05) is 13.1 Å². The minimum Gasteiger partial charge on any atom is -0.298 e. The van der Waals surface area contributed by atoms with Gasteiger partial charge in [0, 0.05) is 5.54 Å². The molecule has 71 valence electrons. The first kappa shape index (κ1) is 10.0. The monoisotopic (exact) mass is 168 g/mol. The van der Waals surface area contributed by atoms with Crippen molar-refractivity contribution in [2.45, 2.75) is 51.5 Å². The zero-order valence-electron chi connectivity index (χ0n) is 8.60. The minimum atomic E-state index is 0.280. The second-order valence-corrected chi connectivity index (χ2v) is 3.96. The van der Waals surface area contributed by atoms with Crippen LogP contribution in [0.4, 0.5) is 0 Å². The third-order valence-corrected chi connectivity index (χ3v) is 3.22. The zero-order valence-corrected chi connectivity index (χ0v) is 8.60. The molecule has 1 heteroatoms. The molecule has 1 fully saturated rings. The van der Waals surface area contributed by atoms with Gasteiger partial charge in [-0.15, -0.1) is 0 Å². The predicted molar refractivity (Wildman–Crippen MR) is 54.1 cm³/mol. The molecule has 0 aromatic carbocycles. The van der Waals surface area contributed by atoms with E-state index >= 15 is 0 Å². The van der Waals surface area contributed by atoms with Gasteiger partial charge in [-0.1, -0.05) is 33.1 Å². The molecule has 1 rings (SSSR count). The van der Waals surface area contributed by atoms with Gasteiger partial charge in [0.05, 0.1) is 0 Å². The third-order valence-electron chi connectivity index (χ3n) is 3.22. The van der Waals surface area contributed by atoms with Gasteiger partial charge in [0.25, 0.3) is 0 Å². The third kappa shape index (κ3) is 2.01. The number of hydrogen-bond acceptors (Lipinski definition) is 1. The van der Waals surface area contributed by atoms with Crippen molar-refractivity contribution in [1.29, 1.82) is 0 Å². The lowest BCUT2D eigenvalue weighted by molar-refractivity contribution is 0.101. The Bertz CT molecular complexity index is 121. The largest absolute Gasteiger partial charge is 0.298 e. The van der Waals surface area contributed by atoms with Gasteiger partial charge in [0.2, 0.25) is 0 Å². The van der Waals surface area contributed by atoms with Crippen molar-refractivity contribution in [3.05, 3.63) is 6.92 Å². The van der Waals surface area contributed by atoms with Crippen LogP contribution in [0.5, 0.6) is 0 Å². The van der Waals surface area contributed by atoms with Gasteiger partial charge >= 0.3 is 0 Å². The van der Waals surface area contributed by atoms with Crippen LogP contribution in [-0.2, 0) is 0 Å². The van der Waals surface area contributed by atoms with Crippen LogP contribution in [0.3, 0.4) is 0 Å². The summed E-state index contributed by atoms with van der Waals surface area (Å²) in [5, 5.41) is 0. The second kappa shape index (κ2) is 4.27. The van der Waals surface area contributed by atoms with Crippen LogP contribution in [0.2, 0.25) is 0 Å². The van der Waals surface area contributed by atoms with Crippen molar-refractivity contribution in [3.63, 3.8) is 0 Å². The maximum Gasteiger partial charge on any atom is 0.0210 e. The zero-order chi connectivity index (χ0) is 9.03. The summed E-state index contributed by atoms with van der Waals surface area (Å²) in [4.78, 5) is 2.52. The maximum absolute atomic E-state index is 4.40. The summed E-state index contributed by atoms with van der Waals surface area (Å²) in [6.45, 7) is 11.2. The van der Waals surface area contributed by atoms with Gasteiger partial charge in [0.15, 0.2) is 0 Å². The first-order valence-corrected chi connectivity index (χ1v) is 5.33. The van der Waals surface area contributed by atoms with Crippen LogP contribution in [-0.4, -0.2) is 23.5 Å². The standard InChI is InChI=1S/C11H22N/c1-4-12(5-2)11(3)9-7-6-8-10-11/h3-10H2,1-2H3. The molecule has 0 atom stereocenters. The molecule has 0 N–H and O–H groups in total. The Morgan fingerprint density at radius 2 is 1.58 bits per heavy atom. The van der Waals surface area contributed by atoms with E-state index in [0.29, 0.717) is 0 Å². The molecular weight excluding hydrogens is 146 g/mol. The molecule has 0 aromatic heterocycles. The molecule has 1 aliphatic carbocycles. The highest BCUT2D eigenvalue weighted by molar-refractivity contribution is 4.94. The Hall–Kier alpha value is -0.0400. The maximum atomic E-state index is 4.40. The van der Waals surface area contributed by atoms with Crippen molar-refractivity contribution in [2.24, 2.45) is 0 Å². The van der Waals surface area contributed by atoms with Gasteiger partial charge < -0.3 is 0 Å². The summed E-state index contributed by atoms with van der Waals surface area (Å²) < 4.78 is 0. The molecule has 0 bridgehead atoms. The van der Waals surface area contributed by atoms with Crippen molar-refractivity contribution in [1.82, 2.24) is 4.90 Å². The molecule has 0 aliphatic heterocycles. The van der Waals surface area contributed by atoms with Crippen LogP contribution < -0.4 is 0 Å². The Morgan fingerprint density at radius 1 is 1.08 bits per heavy atom. The van der Waals surface area contributed by atoms with E-state index in [0.717, 1.165) is 13.1 Å². The van der Waals surface area contributed by atoms with Gasteiger partial charge in [-0.2, -0.15) is 0 Å². The number of hydrogen-bond donors (Lipinski definition) is 0. The van der Waals surface area contributed by atoms with Crippen LogP contribution in [0, 0.1) is 6.92 Å². The molecular formula is C11H22N. The van der Waals surface area contributed by atoms with Gasteiger partial charge in [0.1, 0.15) is 0 Å². The lowest BCUT2D eigenvalue weighted by Gasteiger charge is -2.43. The first-order valence-electron chi connectivity index (χ1n) is 5.33. The Labute approximate surface area is 77.1 Å². The number of rotatable bonds is 3. The van der Waals surface area contributed by atoms with Gasteiger partial charge in [-0.05, 0) is 32.9 Å². The SMILES string of the molecule is [CH2]C1(N(CC)CC)CCCCC1. The topological polar surface area (TPSA) is 3.24 Å². The lowest BCUT2D eigenvalue weighted by Crippen LogP contribution is -2.47. The summed E-state index contributed by atoms with van der Waals surface area (Å²) in [7, 11) is 0. The molecule has 12 heavy (non-hydrogen) atoms. The van der Waals surface area contributed by atoms with E-state index in [-0.39, 0.29) is 5.54 Å². The van der Waals surface area contributed by atoms with Gasteiger partial charge in [-0.25, -0.2) is 0 Å². The molecule has 0 spiro atoms.